The molecule has 0 aliphatic heterocycles. The Morgan fingerprint density at radius 1 is 1.56 bits per heavy atom. The van der Waals surface area contributed by atoms with E-state index in [9.17, 15) is 10.0 Å². The molecule has 0 saturated heterocycles. The first kappa shape index (κ1) is 15.1. The zero-order chi connectivity index (χ0) is 13.5. The van der Waals surface area contributed by atoms with Crippen molar-refractivity contribution in [1.82, 2.24) is 5.06 Å². The molecule has 1 rings (SSSR count). The number of amides is 1. The second-order valence-corrected chi connectivity index (χ2v) is 4.53. The monoisotopic (exact) mass is 291 g/mol. The zero-order valence-corrected chi connectivity index (χ0v) is 11.5. The van der Waals surface area contributed by atoms with Gasteiger partial charge in [-0.3, -0.25) is 10.0 Å². The summed E-state index contributed by atoms with van der Waals surface area (Å²) in [5.41, 5.74) is -0.574. The van der Waals surface area contributed by atoms with E-state index < -0.39 is 5.50 Å². The molecule has 0 aliphatic rings. The van der Waals surface area contributed by atoms with Gasteiger partial charge in [-0.15, -0.1) is 0 Å². The lowest BCUT2D eigenvalue weighted by molar-refractivity contribution is -0.153. The van der Waals surface area contributed by atoms with E-state index >= 15 is 0 Å². The van der Waals surface area contributed by atoms with E-state index in [2.05, 4.69) is 6.92 Å². The lowest BCUT2D eigenvalue weighted by Gasteiger charge is -2.17. The number of hydrogen-bond donors (Lipinski definition) is 1. The molecule has 0 aromatic heterocycles. The molecule has 6 heteroatoms. The summed E-state index contributed by atoms with van der Waals surface area (Å²) in [5, 5.41) is 9.88. The summed E-state index contributed by atoms with van der Waals surface area (Å²) in [4.78, 5) is 10.4. The summed E-state index contributed by atoms with van der Waals surface area (Å²) >= 11 is 11.9. The molecule has 0 saturated carbocycles. The number of ether oxygens (including phenoxy) is 1. The summed E-state index contributed by atoms with van der Waals surface area (Å²) in [6.45, 7) is 2.70. The third kappa shape index (κ3) is 4.05. The van der Waals surface area contributed by atoms with Crippen LogP contribution in [0.2, 0.25) is 5.02 Å². The minimum absolute atomic E-state index is 0.222. The van der Waals surface area contributed by atoms with Crippen molar-refractivity contribution < 1.29 is 14.7 Å². The lowest BCUT2D eigenvalue weighted by atomic mass is 10.2. The average molecular weight is 292 g/mol. The fourth-order valence-corrected chi connectivity index (χ4v) is 1.89. The van der Waals surface area contributed by atoms with Crippen LogP contribution in [0.5, 0.6) is 5.75 Å². The van der Waals surface area contributed by atoms with Crippen LogP contribution in [-0.4, -0.2) is 23.3 Å². The molecule has 0 heterocycles. The van der Waals surface area contributed by atoms with Crippen LogP contribution >= 0.6 is 23.2 Å². The number of unbranched alkanes of at least 4 members (excludes halogenated alkanes) is 1. The van der Waals surface area contributed by atoms with Crippen LogP contribution in [0.25, 0.3) is 0 Å². The Labute approximate surface area is 116 Å². The maximum Gasteiger partial charge on any atom is 0.234 e. The van der Waals surface area contributed by atoms with Crippen LogP contribution in [-0.2, 0) is 4.79 Å². The van der Waals surface area contributed by atoms with E-state index in [0.717, 1.165) is 12.8 Å². The van der Waals surface area contributed by atoms with Crippen LogP contribution < -0.4 is 4.74 Å². The quantitative estimate of drug-likeness (QED) is 0.209. The summed E-state index contributed by atoms with van der Waals surface area (Å²) < 4.78 is 5.48. The predicted molar refractivity (Wildman–Crippen MR) is 70.1 cm³/mol. The fraction of sp³-hybridized carbons (Fsp3) is 0.417. The van der Waals surface area contributed by atoms with Crippen molar-refractivity contribution in [2.45, 2.75) is 25.3 Å². The third-order valence-electron chi connectivity index (χ3n) is 2.34. The molecule has 0 bridgehead atoms. The molecule has 4 nitrogen and oxygen atoms in total. The second kappa shape index (κ2) is 7.46. The van der Waals surface area contributed by atoms with E-state index in [0.29, 0.717) is 28.0 Å². The van der Waals surface area contributed by atoms with Crippen LogP contribution in [0.3, 0.4) is 0 Å². The highest BCUT2D eigenvalue weighted by molar-refractivity contribution is 6.33. The molecule has 0 radical (unpaired) electrons. The van der Waals surface area contributed by atoms with Crippen LogP contribution in [0.15, 0.2) is 18.2 Å². The number of nitrogens with zero attached hydrogens (tertiary/aromatic N) is 1. The Morgan fingerprint density at radius 2 is 2.28 bits per heavy atom. The molecular formula is C12H15Cl2NO3. The molecule has 0 aliphatic carbocycles. The third-order valence-corrected chi connectivity index (χ3v) is 3.10. The van der Waals surface area contributed by atoms with Crippen LogP contribution in [0.4, 0.5) is 0 Å². The smallest absolute Gasteiger partial charge is 0.234 e. The summed E-state index contributed by atoms with van der Waals surface area (Å²) in [7, 11) is 0. The highest BCUT2D eigenvalue weighted by Gasteiger charge is 2.17. The van der Waals surface area contributed by atoms with Gasteiger partial charge >= 0.3 is 0 Å². The second-order valence-electron chi connectivity index (χ2n) is 3.71. The molecule has 1 amide bonds. The van der Waals surface area contributed by atoms with Gasteiger partial charge in [0.25, 0.3) is 0 Å². The number of rotatable bonds is 7. The van der Waals surface area contributed by atoms with Crippen molar-refractivity contribution in [1.29, 1.82) is 0 Å². The maximum atomic E-state index is 10.4. The summed E-state index contributed by atoms with van der Waals surface area (Å²) in [6.07, 6.45) is 2.24. The SMILES string of the molecule is CCCCOc1ccc(C(Cl)N(O)C=O)c(Cl)c1. The van der Waals surface area contributed by atoms with Crippen molar-refractivity contribution in [3.63, 3.8) is 0 Å². The highest BCUT2D eigenvalue weighted by Crippen LogP contribution is 2.32. The van der Waals surface area contributed by atoms with Crippen molar-refractivity contribution in [2.24, 2.45) is 0 Å². The van der Waals surface area contributed by atoms with E-state index in [1.807, 2.05) is 0 Å². The van der Waals surface area contributed by atoms with Crippen molar-refractivity contribution in [3.05, 3.63) is 28.8 Å². The van der Waals surface area contributed by atoms with Crippen molar-refractivity contribution in [2.75, 3.05) is 6.61 Å². The largest absolute Gasteiger partial charge is 0.494 e. The molecule has 1 N–H and O–H groups in total. The molecule has 0 spiro atoms. The fourth-order valence-electron chi connectivity index (χ4n) is 1.32. The number of hydrogen-bond acceptors (Lipinski definition) is 3. The van der Waals surface area contributed by atoms with Crippen LogP contribution in [0, 0.1) is 0 Å². The maximum absolute atomic E-state index is 10.4. The normalized spacial score (nSPS) is 12.0. The molecule has 0 fully saturated rings. The standard InChI is InChI=1S/C12H15Cl2NO3/c1-2-3-6-18-9-4-5-10(11(13)7-9)12(14)15(17)8-16/h4-5,7-8,12,17H,2-3,6H2,1H3. The Hall–Kier alpha value is -0.970. The van der Waals surface area contributed by atoms with Gasteiger partial charge in [-0.25, -0.2) is 5.06 Å². The van der Waals surface area contributed by atoms with Gasteiger partial charge < -0.3 is 4.74 Å². The van der Waals surface area contributed by atoms with E-state index in [1.165, 1.54) is 0 Å². The molecule has 1 unspecified atom stereocenters. The van der Waals surface area contributed by atoms with E-state index in [1.54, 1.807) is 18.2 Å². The van der Waals surface area contributed by atoms with Crippen LogP contribution in [0.1, 0.15) is 30.8 Å². The Balaban J connectivity index is 2.76. The molecule has 1 atom stereocenters. The Kier molecular flexibility index (Phi) is 6.25. The molecule has 1 aromatic carbocycles. The molecule has 18 heavy (non-hydrogen) atoms. The first-order valence-electron chi connectivity index (χ1n) is 5.59. The van der Waals surface area contributed by atoms with Gasteiger partial charge in [0.05, 0.1) is 11.6 Å². The number of alkyl halides is 1. The first-order valence-corrected chi connectivity index (χ1v) is 6.40. The van der Waals surface area contributed by atoms with Gasteiger partial charge in [-0.2, -0.15) is 0 Å². The number of benzene rings is 1. The van der Waals surface area contributed by atoms with Crippen molar-refractivity contribution in [3.8, 4) is 5.75 Å². The van der Waals surface area contributed by atoms with Crippen molar-refractivity contribution >= 4 is 29.6 Å². The van der Waals surface area contributed by atoms with Gasteiger partial charge in [-0.05, 0) is 18.6 Å². The number of carbonyl (C=O) groups excluding carboxylic acids is 1. The summed E-state index contributed by atoms with van der Waals surface area (Å²) in [6, 6.07) is 4.93. The highest BCUT2D eigenvalue weighted by atomic mass is 35.5. The zero-order valence-electron chi connectivity index (χ0n) is 9.97. The van der Waals surface area contributed by atoms with Gasteiger partial charge in [0.1, 0.15) is 5.75 Å². The molecule has 1 aromatic rings. The molecule has 100 valence electrons. The Bertz CT molecular complexity index is 401. The number of carbonyl (C=O) groups is 1. The number of hydroxylamine groups is 2. The Morgan fingerprint density at radius 3 is 2.83 bits per heavy atom. The lowest BCUT2D eigenvalue weighted by Crippen LogP contribution is -2.19. The molecular weight excluding hydrogens is 277 g/mol. The predicted octanol–water partition coefficient (Wildman–Crippen LogP) is 3.60. The van der Waals surface area contributed by atoms with Gasteiger partial charge in [0.2, 0.25) is 6.41 Å². The van der Waals surface area contributed by atoms with Gasteiger partial charge in [0.15, 0.2) is 5.50 Å². The minimum atomic E-state index is -1.01. The van der Waals surface area contributed by atoms with Gasteiger partial charge in [-0.1, -0.05) is 42.6 Å². The minimum Gasteiger partial charge on any atom is -0.494 e. The van der Waals surface area contributed by atoms with Gasteiger partial charge in [0, 0.05) is 5.56 Å². The number of halogens is 2. The summed E-state index contributed by atoms with van der Waals surface area (Å²) in [5.74, 6) is 0.636. The van der Waals surface area contributed by atoms with E-state index in [4.69, 9.17) is 27.9 Å². The van der Waals surface area contributed by atoms with E-state index in [-0.39, 0.29) is 6.41 Å². The average Bonchev–Trinajstić information content (AvgIpc) is 2.37. The first-order chi connectivity index (χ1) is 8.60. The topological polar surface area (TPSA) is 49.8 Å².